The molecule has 62 heavy (non-hydrogen) atoms. The molecule has 15 heteroatoms. The van der Waals surface area contributed by atoms with Crippen molar-refractivity contribution in [2.45, 2.75) is 26.5 Å². The molecule has 0 saturated carbocycles. The van der Waals surface area contributed by atoms with E-state index in [1.54, 1.807) is 48.5 Å². The smallest absolute Gasteiger partial charge is 0.335 e. The topological polar surface area (TPSA) is 166 Å². The van der Waals surface area contributed by atoms with E-state index >= 15 is 0 Å². The van der Waals surface area contributed by atoms with E-state index in [1.807, 2.05) is 78.9 Å². The summed E-state index contributed by atoms with van der Waals surface area (Å²) in [5.74, 6) is 1.36. The number of carbonyl (C=O) groups excluding carboxylic acids is 2. The van der Waals surface area contributed by atoms with E-state index in [9.17, 15) is 9.59 Å². The summed E-state index contributed by atoms with van der Waals surface area (Å²) in [6.45, 7) is 6.88. The maximum absolute atomic E-state index is 11.6. The summed E-state index contributed by atoms with van der Waals surface area (Å²) in [6, 6.07) is 45.8. The molecule has 0 amide bonds. The molecule has 3 N–H and O–H groups in total. The minimum Gasteiger partial charge on any atom is -0.423 e. The number of benzene rings is 6. The largest absolute Gasteiger partial charge is 0.423 e. The zero-order valence-electron chi connectivity index (χ0n) is 32.8. The Morgan fingerprint density at radius 2 is 0.952 bits per heavy atom. The number of nitrogens with zero attached hydrogens (tertiary/aromatic N) is 6. The molecule has 0 radical (unpaired) electrons. The van der Waals surface area contributed by atoms with E-state index < -0.39 is 11.9 Å². The molecule has 6 aromatic carbocycles. The van der Waals surface area contributed by atoms with Crippen molar-refractivity contribution in [2.75, 3.05) is 16.0 Å². The fourth-order valence-electron chi connectivity index (χ4n) is 5.86. The van der Waals surface area contributed by atoms with Gasteiger partial charge in [0.25, 0.3) is 0 Å². The van der Waals surface area contributed by atoms with E-state index in [0.29, 0.717) is 63.3 Å². The van der Waals surface area contributed by atoms with Crippen molar-refractivity contribution in [1.29, 1.82) is 0 Å². The van der Waals surface area contributed by atoms with E-state index in [2.05, 4.69) is 57.3 Å². The Balaban J connectivity index is 1.01. The molecule has 0 fully saturated rings. The number of ether oxygens (including phenoxy) is 2. The third-order valence-electron chi connectivity index (χ3n) is 8.69. The maximum Gasteiger partial charge on any atom is 0.335 e. The van der Waals surface area contributed by atoms with E-state index in [-0.39, 0.29) is 0 Å². The Kier molecular flexibility index (Phi) is 12.8. The van der Waals surface area contributed by atoms with E-state index in [4.69, 9.17) is 29.4 Å². The van der Waals surface area contributed by atoms with Crippen molar-refractivity contribution in [3.63, 3.8) is 0 Å². The predicted molar refractivity (Wildman–Crippen MR) is 242 cm³/mol. The van der Waals surface area contributed by atoms with Crippen LogP contribution in [0.1, 0.15) is 11.4 Å². The van der Waals surface area contributed by atoms with Crippen LogP contribution in [0.4, 0.5) is 34.9 Å². The molecule has 8 rings (SSSR count). The number of esters is 2. The molecule has 304 valence electrons. The van der Waals surface area contributed by atoms with Crippen molar-refractivity contribution < 1.29 is 19.1 Å². The van der Waals surface area contributed by atoms with Gasteiger partial charge in [0.2, 0.25) is 17.8 Å². The van der Waals surface area contributed by atoms with Gasteiger partial charge in [-0.05, 0) is 125 Å². The number of anilines is 6. The molecule has 13 nitrogen and oxygen atoms in total. The van der Waals surface area contributed by atoms with Crippen LogP contribution in [0.25, 0.3) is 10.8 Å². The lowest BCUT2D eigenvalue weighted by atomic mass is 10.0. The molecular weight excluding hydrogens is 819 g/mol. The highest BCUT2D eigenvalue weighted by molar-refractivity contribution is 7.99. The number of nitrogens with one attached hydrogen (secondary N) is 3. The Morgan fingerprint density at radius 1 is 0.500 bits per heavy atom. The highest BCUT2D eigenvalue weighted by atomic mass is 32.2. The van der Waals surface area contributed by atoms with Crippen molar-refractivity contribution >= 4 is 81.1 Å². The fraction of sp³-hybridized carbons (Fsp3) is 0.0213. The summed E-state index contributed by atoms with van der Waals surface area (Å²) in [7, 11) is 0. The zero-order chi connectivity index (χ0) is 42.7. The quantitative estimate of drug-likeness (QED) is 0.0477. The Bertz CT molecular complexity index is 2690. The maximum atomic E-state index is 11.6. The van der Waals surface area contributed by atoms with Crippen molar-refractivity contribution in [3.8, 4) is 11.5 Å². The number of rotatable bonds is 16. The zero-order valence-corrected chi connectivity index (χ0v) is 34.4. The van der Waals surface area contributed by atoms with Crippen LogP contribution in [0.3, 0.4) is 0 Å². The molecule has 0 unspecified atom stereocenters. The van der Waals surface area contributed by atoms with E-state index in [1.165, 1.54) is 23.5 Å². The van der Waals surface area contributed by atoms with Gasteiger partial charge >= 0.3 is 11.9 Å². The highest BCUT2D eigenvalue weighted by Gasteiger charge is 2.13. The monoisotopic (exact) mass is 853 g/mol. The average molecular weight is 854 g/mol. The average Bonchev–Trinajstić information content (AvgIpc) is 3.28. The first-order chi connectivity index (χ1) is 30.3. The van der Waals surface area contributed by atoms with Crippen LogP contribution in [-0.2, 0) is 16.0 Å². The van der Waals surface area contributed by atoms with Crippen LogP contribution >= 0.6 is 23.5 Å². The lowest BCUT2D eigenvalue weighted by molar-refractivity contribution is -0.129. The van der Waals surface area contributed by atoms with Crippen molar-refractivity contribution in [1.82, 2.24) is 29.9 Å². The minimum atomic E-state index is -0.539. The first-order valence-electron chi connectivity index (χ1n) is 19.0. The predicted octanol–water partition coefficient (Wildman–Crippen LogP) is 10.5. The second-order valence-corrected chi connectivity index (χ2v) is 15.3. The van der Waals surface area contributed by atoms with Crippen LogP contribution < -0.4 is 25.4 Å². The summed E-state index contributed by atoms with van der Waals surface area (Å²) in [5.41, 5.74) is 3.20. The van der Waals surface area contributed by atoms with Crippen LogP contribution in [0.2, 0.25) is 0 Å². The first kappa shape index (κ1) is 40.9. The summed E-state index contributed by atoms with van der Waals surface area (Å²) < 4.78 is 10.4. The molecule has 0 aliphatic carbocycles. The summed E-state index contributed by atoms with van der Waals surface area (Å²) in [4.78, 5) is 53.6. The third kappa shape index (κ3) is 11.2. The van der Waals surface area contributed by atoms with E-state index in [0.717, 1.165) is 44.0 Å². The summed E-state index contributed by atoms with van der Waals surface area (Å²) >= 11 is 2.86. The van der Waals surface area contributed by atoms with Crippen LogP contribution in [0.5, 0.6) is 11.5 Å². The van der Waals surface area contributed by atoms with Gasteiger partial charge in [-0.25, -0.2) is 14.6 Å². The Labute approximate surface area is 364 Å². The summed E-state index contributed by atoms with van der Waals surface area (Å²) in [5, 5.41) is 12.9. The standard InChI is InChI=1S/C47H35N9O4S2/c1-3-41(57)59-36-23-19-33(20-24-36)48-43-51-40(52-46(54-43)61-38-11-7-5-8-12-38)28-30-15-16-32-29-35(18-17-31(32)27-30)50-45-53-44(55-47(56-45)62-39-13-9-6-10-14-39)49-34-21-25-37(26-22-34)60-42(58)4-2/h3-27,29H,1-2,28H2,(H,48,51,52,54)(H2,49,50,53,55,56). The number of aromatic nitrogens is 6. The lowest BCUT2D eigenvalue weighted by Gasteiger charge is -2.12. The van der Waals surface area contributed by atoms with Crippen LogP contribution in [-0.4, -0.2) is 41.8 Å². The van der Waals surface area contributed by atoms with Gasteiger partial charge in [-0.2, -0.15) is 24.9 Å². The second-order valence-electron chi connectivity index (χ2n) is 13.2. The fourth-order valence-corrected chi connectivity index (χ4v) is 7.42. The SMILES string of the molecule is C=CC(=O)Oc1ccc(Nc2nc(Cc3ccc4cc(Nc5nc(Nc6ccc(OC(=O)C=C)cc6)nc(Sc6ccccc6)n5)ccc4c3)nc(Sc3ccccc3)n2)cc1. The molecule has 0 aliphatic heterocycles. The van der Waals surface area contributed by atoms with Crippen molar-refractivity contribution in [2.24, 2.45) is 0 Å². The molecule has 0 spiro atoms. The van der Waals surface area contributed by atoms with Gasteiger partial charge in [-0.1, -0.05) is 73.8 Å². The normalized spacial score (nSPS) is 10.7. The molecule has 0 saturated heterocycles. The molecule has 8 aromatic rings. The summed E-state index contributed by atoms with van der Waals surface area (Å²) in [6.07, 6.45) is 2.68. The third-order valence-corrected chi connectivity index (χ3v) is 10.4. The van der Waals surface area contributed by atoms with Gasteiger partial charge in [-0.15, -0.1) is 0 Å². The van der Waals surface area contributed by atoms with Crippen LogP contribution in [0.15, 0.2) is 191 Å². The van der Waals surface area contributed by atoms with Gasteiger partial charge < -0.3 is 25.4 Å². The number of fused-ring (bicyclic) bond motifs is 1. The highest BCUT2D eigenvalue weighted by Crippen LogP contribution is 2.30. The molecule has 2 heterocycles. The van der Waals surface area contributed by atoms with Crippen LogP contribution in [0, 0.1) is 0 Å². The van der Waals surface area contributed by atoms with Gasteiger partial charge in [0, 0.05) is 45.4 Å². The lowest BCUT2D eigenvalue weighted by Crippen LogP contribution is -2.06. The number of hydrogen-bond donors (Lipinski definition) is 3. The van der Waals surface area contributed by atoms with Gasteiger partial charge in [0.15, 0.2) is 10.3 Å². The molecule has 2 aromatic heterocycles. The number of hydrogen-bond acceptors (Lipinski definition) is 15. The number of carbonyl (C=O) groups is 2. The molecule has 0 bridgehead atoms. The molecule has 0 aliphatic rings. The van der Waals surface area contributed by atoms with Gasteiger partial charge in [-0.3, -0.25) is 0 Å². The van der Waals surface area contributed by atoms with Gasteiger partial charge in [0.05, 0.1) is 0 Å². The second kappa shape index (κ2) is 19.5. The van der Waals surface area contributed by atoms with Gasteiger partial charge in [0.1, 0.15) is 17.3 Å². The Morgan fingerprint density at radius 3 is 1.48 bits per heavy atom. The molecule has 0 atom stereocenters. The minimum absolute atomic E-state index is 0.327. The van der Waals surface area contributed by atoms with Crippen molar-refractivity contribution in [3.05, 3.63) is 182 Å². The first-order valence-corrected chi connectivity index (χ1v) is 20.6. The Hall–Kier alpha value is -7.88. The molecular formula is C47H35N9O4S2.